The predicted octanol–water partition coefficient (Wildman–Crippen LogP) is 3.03. The van der Waals surface area contributed by atoms with E-state index < -0.39 is 0 Å². The summed E-state index contributed by atoms with van der Waals surface area (Å²) in [4.78, 5) is 6.97. The highest BCUT2D eigenvalue weighted by atomic mass is 15.3. The molecule has 0 saturated carbocycles. The van der Waals surface area contributed by atoms with E-state index in [4.69, 9.17) is 5.26 Å². The molecule has 1 aliphatic rings. The summed E-state index contributed by atoms with van der Waals surface area (Å²) in [6, 6.07) is 7.07. The third kappa shape index (κ3) is 2.26. The first-order chi connectivity index (χ1) is 8.15. The highest BCUT2D eigenvalue weighted by molar-refractivity contribution is 5.49. The molecule has 1 fully saturated rings. The first-order valence-electron chi connectivity index (χ1n) is 6.32. The van der Waals surface area contributed by atoms with Crippen LogP contribution in [0.3, 0.4) is 0 Å². The van der Waals surface area contributed by atoms with Crippen molar-refractivity contribution in [3.8, 4) is 6.07 Å². The molecule has 0 spiro atoms. The molecule has 1 aliphatic heterocycles. The van der Waals surface area contributed by atoms with Crippen LogP contribution in [-0.4, -0.2) is 17.1 Å². The number of hydrogen-bond donors (Lipinski definition) is 0. The minimum absolute atomic E-state index is 0.529. The average molecular weight is 229 g/mol. The maximum absolute atomic E-state index is 9.02. The van der Waals surface area contributed by atoms with Gasteiger partial charge in [0.05, 0.1) is 11.6 Å². The molecule has 2 unspecified atom stereocenters. The zero-order valence-electron chi connectivity index (χ0n) is 10.8. The van der Waals surface area contributed by atoms with Gasteiger partial charge in [-0.25, -0.2) is 4.98 Å². The molecule has 1 saturated heterocycles. The first-order valence-corrected chi connectivity index (χ1v) is 6.32. The Balaban J connectivity index is 2.38. The average Bonchev–Trinajstić information content (AvgIpc) is 2.69. The van der Waals surface area contributed by atoms with Gasteiger partial charge in [-0.05, 0) is 45.2 Å². The van der Waals surface area contributed by atoms with Crippen LogP contribution in [0.1, 0.15) is 44.4 Å². The highest BCUT2D eigenvalue weighted by Gasteiger charge is 2.30. The Morgan fingerprint density at radius 3 is 2.88 bits per heavy atom. The molecule has 90 valence electrons. The number of nitriles is 1. The molecule has 0 amide bonds. The summed E-state index contributed by atoms with van der Waals surface area (Å²) in [7, 11) is 0. The van der Waals surface area contributed by atoms with Crippen molar-refractivity contribution in [1.82, 2.24) is 4.98 Å². The highest BCUT2D eigenvalue weighted by Crippen LogP contribution is 2.31. The van der Waals surface area contributed by atoms with E-state index in [0.717, 1.165) is 17.9 Å². The zero-order valence-corrected chi connectivity index (χ0v) is 10.8. The smallest absolute Gasteiger partial charge is 0.130 e. The molecule has 2 atom stereocenters. The number of pyridine rings is 1. The van der Waals surface area contributed by atoms with Gasteiger partial charge in [0.25, 0.3) is 0 Å². The number of aryl methyl sites for hydroxylation is 1. The molecular weight excluding hydrogens is 210 g/mol. The van der Waals surface area contributed by atoms with E-state index >= 15 is 0 Å². The normalized spacial score (nSPS) is 23.8. The molecule has 0 radical (unpaired) electrons. The van der Waals surface area contributed by atoms with Crippen molar-refractivity contribution in [2.45, 2.75) is 52.1 Å². The van der Waals surface area contributed by atoms with Crippen molar-refractivity contribution < 1.29 is 0 Å². The van der Waals surface area contributed by atoms with Gasteiger partial charge < -0.3 is 4.90 Å². The van der Waals surface area contributed by atoms with Crippen LogP contribution in [0.4, 0.5) is 5.82 Å². The lowest BCUT2D eigenvalue weighted by Crippen LogP contribution is -2.34. The second-order valence-electron chi connectivity index (χ2n) is 4.86. The van der Waals surface area contributed by atoms with Gasteiger partial charge in [0.2, 0.25) is 0 Å². The lowest BCUT2D eigenvalue weighted by molar-refractivity contribution is 0.620. The second kappa shape index (κ2) is 4.75. The fourth-order valence-corrected chi connectivity index (χ4v) is 2.73. The third-order valence-corrected chi connectivity index (χ3v) is 3.59. The van der Waals surface area contributed by atoms with Crippen LogP contribution in [0.5, 0.6) is 0 Å². The minimum atomic E-state index is 0.529. The van der Waals surface area contributed by atoms with E-state index in [2.05, 4.69) is 29.8 Å². The molecule has 0 aromatic carbocycles. The van der Waals surface area contributed by atoms with Crippen molar-refractivity contribution in [3.63, 3.8) is 0 Å². The van der Waals surface area contributed by atoms with E-state index in [0.29, 0.717) is 17.6 Å². The largest absolute Gasteiger partial charge is 0.351 e. The molecule has 17 heavy (non-hydrogen) atoms. The molecule has 3 nitrogen and oxygen atoms in total. The zero-order chi connectivity index (χ0) is 12.4. The van der Waals surface area contributed by atoms with Gasteiger partial charge in [0.15, 0.2) is 0 Å². The van der Waals surface area contributed by atoms with Gasteiger partial charge in [-0.1, -0.05) is 6.92 Å². The van der Waals surface area contributed by atoms with Crippen LogP contribution in [0.25, 0.3) is 0 Å². The minimum Gasteiger partial charge on any atom is -0.351 e. The summed E-state index contributed by atoms with van der Waals surface area (Å²) in [6.45, 7) is 6.41. The summed E-state index contributed by atoms with van der Waals surface area (Å²) in [5.41, 5.74) is 1.63. The Morgan fingerprint density at radius 1 is 1.47 bits per heavy atom. The number of aromatic nitrogens is 1. The summed E-state index contributed by atoms with van der Waals surface area (Å²) < 4.78 is 0. The fraction of sp³-hybridized carbons (Fsp3) is 0.571. The monoisotopic (exact) mass is 229 g/mol. The second-order valence-corrected chi connectivity index (χ2v) is 4.86. The van der Waals surface area contributed by atoms with Gasteiger partial charge in [-0.3, -0.25) is 0 Å². The summed E-state index contributed by atoms with van der Waals surface area (Å²) in [6.07, 6.45) is 3.59. The summed E-state index contributed by atoms with van der Waals surface area (Å²) >= 11 is 0. The Bertz CT molecular complexity index is 447. The van der Waals surface area contributed by atoms with Crippen LogP contribution in [0.2, 0.25) is 0 Å². The Kier molecular flexibility index (Phi) is 3.33. The van der Waals surface area contributed by atoms with E-state index in [1.54, 1.807) is 0 Å². The van der Waals surface area contributed by atoms with Crippen molar-refractivity contribution in [2.75, 3.05) is 4.90 Å². The molecule has 0 bridgehead atoms. The third-order valence-electron chi connectivity index (χ3n) is 3.59. The standard InChI is InChI=1S/C14H19N3/c1-4-13-6-5-11(3)17(13)14-8-12(9-15)7-10(2)16-14/h7-8,11,13H,4-6H2,1-3H3. The van der Waals surface area contributed by atoms with Crippen molar-refractivity contribution in [3.05, 3.63) is 23.4 Å². The van der Waals surface area contributed by atoms with Gasteiger partial charge in [-0.15, -0.1) is 0 Å². The Morgan fingerprint density at radius 2 is 2.24 bits per heavy atom. The molecular formula is C14H19N3. The van der Waals surface area contributed by atoms with Crippen molar-refractivity contribution >= 4 is 5.82 Å². The lowest BCUT2D eigenvalue weighted by atomic mass is 10.1. The number of anilines is 1. The summed E-state index contributed by atoms with van der Waals surface area (Å²) in [5.74, 6) is 0.971. The van der Waals surface area contributed by atoms with Crippen LogP contribution in [0.15, 0.2) is 12.1 Å². The van der Waals surface area contributed by atoms with Crippen LogP contribution in [-0.2, 0) is 0 Å². The molecule has 0 aliphatic carbocycles. The van der Waals surface area contributed by atoms with E-state index in [1.807, 2.05) is 19.1 Å². The van der Waals surface area contributed by atoms with Crippen molar-refractivity contribution in [2.24, 2.45) is 0 Å². The van der Waals surface area contributed by atoms with Crippen molar-refractivity contribution in [1.29, 1.82) is 5.26 Å². The molecule has 1 aromatic rings. The number of rotatable bonds is 2. The SMILES string of the molecule is CCC1CCC(C)N1c1cc(C#N)cc(C)n1. The van der Waals surface area contributed by atoms with E-state index in [-0.39, 0.29) is 0 Å². The topological polar surface area (TPSA) is 39.9 Å². The molecule has 3 heteroatoms. The van der Waals surface area contributed by atoms with E-state index in [1.165, 1.54) is 12.8 Å². The van der Waals surface area contributed by atoms with Crippen LogP contribution in [0, 0.1) is 18.3 Å². The molecule has 2 heterocycles. The quantitative estimate of drug-likeness (QED) is 0.782. The van der Waals surface area contributed by atoms with Gasteiger partial charge >= 0.3 is 0 Å². The van der Waals surface area contributed by atoms with Gasteiger partial charge in [0.1, 0.15) is 5.82 Å². The first kappa shape index (κ1) is 11.9. The van der Waals surface area contributed by atoms with E-state index in [9.17, 15) is 0 Å². The maximum atomic E-state index is 9.02. The number of nitrogens with zero attached hydrogens (tertiary/aromatic N) is 3. The fourth-order valence-electron chi connectivity index (χ4n) is 2.73. The van der Waals surface area contributed by atoms with Gasteiger partial charge in [0, 0.05) is 17.8 Å². The summed E-state index contributed by atoms with van der Waals surface area (Å²) in [5, 5.41) is 9.02. The number of hydrogen-bond acceptors (Lipinski definition) is 3. The Hall–Kier alpha value is -1.56. The lowest BCUT2D eigenvalue weighted by Gasteiger charge is -2.29. The maximum Gasteiger partial charge on any atom is 0.130 e. The molecule has 2 rings (SSSR count). The Labute approximate surface area is 103 Å². The molecule has 0 N–H and O–H groups in total. The van der Waals surface area contributed by atoms with Crippen LogP contribution >= 0.6 is 0 Å². The van der Waals surface area contributed by atoms with Gasteiger partial charge in [-0.2, -0.15) is 5.26 Å². The predicted molar refractivity (Wildman–Crippen MR) is 68.9 cm³/mol. The van der Waals surface area contributed by atoms with Crippen LogP contribution < -0.4 is 4.90 Å². The molecule has 1 aromatic heterocycles.